The van der Waals surface area contributed by atoms with Crippen LogP contribution < -0.4 is 0 Å². The summed E-state index contributed by atoms with van der Waals surface area (Å²) in [5, 5.41) is 0. The minimum atomic E-state index is -0.266. The molecular weight excluding hydrogens is 215 g/mol. The van der Waals surface area contributed by atoms with Crippen LogP contribution in [0, 0.1) is 0 Å². The van der Waals surface area contributed by atoms with Gasteiger partial charge in [0.1, 0.15) is 0 Å². The quantitative estimate of drug-likeness (QED) is 0.370. The molecule has 0 spiro atoms. The Labute approximate surface area is 83.0 Å². The summed E-state index contributed by atoms with van der Waals surface area (Å²) < 4.78 is 4.65. The Kier molecular flexibility index (Phi) is 10.5. The molecule has 0 fully saturated rings. The van der Waals surface area contributed by atoms with Crippen LogP contribution in [-0.4, -0.2) is 54.0 Å². The summed E-state index contributed by atoms with van der Waals surface area (Å²) in [5.41, 5.74) is 1.09. The molecule has 0 aliphatic heterocycles. The summed E-state index contributed by atoms with van der Waals surface area (Å²) in [6.07, 6.45) is 0. The average Bonchev–Trinajstić information content (AvgIpc) is 1.86. The molecule has 0 radical (unpaired) electrons. The minimum Gasteiger partial charge on any atom is -0.312 e. The van der Waals surface area contributed by atoms with Crippen LogP contribution in [-0.2, 0) is 9.53 Å². The summed E-state index contributed by atoms with van der Waals surface area (Å²) >= 11 is 0.595. The van der Waals surface area contributed by atoms with Gasteiger partial charge in [-0.25, -0.2) is 0 Å². The van der Waals surface area contributed by atoms with Gasteiger partial charge in [-0.15, -0.1) is 0 Å². The maximum atomic E-state index is 10.5. The van der Waals surface area contributed by atoms with E-state index in [1.165, 1.54) is 0 Å². The van der Waals surface area contributed by atoms with E-state index in [1.54, 1.807) is 6.92 Å². The normalized spacial score (nSPS) is 8.75. The molecule has 0 unspecified atom stereocenters. The fraction of sp³-hybridized carbons (Fsp3) is 0.625. The number of carbonyl (C=O) groups is 1. The first kappa shape index (κ1) is 14.2. The van der Waals surface area contributed by atoms with E-state index in [2.05, 4.69) is 11.3 Å². The molecule has 0 aromatic heterocycles. The van der Waals surface area contributed by atoms with Gasteiger partial charge in [-0.2, -0.15) is 0 Å². The SMILES string of the molecule is C=C(C)C(=O)O[CH2][GeH3].CN(C)C. The van der Waals surface area contributed by atoms with E-state index in [4.69, 9.17) is 0 Å². The van der Waals surface area contributed by atoms with Gasteiger partial charge in [0.25, 0.3) is 0 Å². The van der Waals surface area contributed by atoms with Crippen molar-refractivity contribution in [3.63, 3.8) is 0 Å². The van der Waals surface area contributed by atoms with Crippen molar-refractivity contribution in [1.29, 1.82) is 0 Å². The zero-order valence-corrected chi connectivity index (χ0v) is 12.9. The van der Waals surface area contributed by atoms with Crippen LogP contribution in [0.2, 0.25) is 0 Å². The van der Waals surface area contributed by atoms with Gasteiger partial charge in [0.15, 0.2) is 0 Å². The number of nitrogens with zero attached hydrogens (tertiary/aromatic N) is 1. The van der Waals surface area contributed by atoms with E-state index < -0.39 is 0 Å². The number of rotatable bonds is 2. The molecule has 0 rings (SSSR count). The van der Waals surface area contributed by atoms with Gasteiger partial charge in [-0.1, -0.05) is 0 Å². The van der Waals surface area contributed by atoms with Crippen LogP contribution in [0.3, 0.4) is 0 Å². The van der Waals surface area contributed by atoms with Crippen molar-refractivity contribution in [3.05, 3.63) is 12.2 Å². The summed E-state index contributed by atoms with van der Waals surface area (Å²) in [6, 6.07) is 0. The van der Waals surface area contributed by atoms with Crippen molar-refractivity contribution in [3.8, 4) is 0 Å². The third-order valence-corrected chi connectivity index (χ3v) is 1.23. The average molecular weight is 234 g/mol. The van der Waals surface area contributed by atoms with Crippen molar-refractivity contribution in [2.45, 2.75) is 6.92 Å². The molecule has 0 aromatic carbocycles. The monoisotopic (exact) mass is 235 g/mol. The van der Waals surface area contributed by atoms with E-state index in [0.717, 1.165) is 0 Å². The van der Waals surface area contributed by atoms with Crippen LogP contribution in [0.5, 0.6) is 0 Å². The smallest absolute Gasteiger partial charge is 0.0140 e. The second-order valence-electron chi connectivity index (χ2n) is 2.84. The molecule has 0 aliphatic carbocycles. The van der Waals surface area contributed by atoms with Crippen molar-refractivity contribution in [1.82, 2.24) is 4.90 Å². The van der Waals surface area contributed by atoms with Crippen molar-refractivity contribution in [2.24, 2.45) is 0 Å². The molecule has 12 heavy (non-hydrogen) atoms. The number of esters is 1. The Bertz CT molecular complexity index is 143. The van der Waals surface area contributed by atoms with E-state index in [0.29, 0.717) is 27.5 Å². The summed E-state index contributed by atoms with van der Waals surface area (Å²) in [4.78, 5) is 12.5. The predicted molar refractivity (Wildman–Crippen MR) is 55.3 cm³/mol. The van der Waals surface area contributed by atoms with E-state index in [-0.39, 0.29) is 5.97 Å². The number of carbonyl (C=O) groups excluding carboxylic acids is 1. The largest absolute Gasteiger partial charge is 0.312 e. The molecule has 0 bridgehead atoms. The Balaban J connectivity index is 0. The van der Waals surface area contributed by atoms with Gasteiger partial charge >= 0.3 is 56.5 Å². The summed E-state index contributed by atoms with van der Waals surface area (Å²) in [5.74, 6) is -0.266. The number of hydrogen-bond acceptors (Lipinski definition) is 3. The third-order valence-electron chi connectivity index (χ3n) is 0.624. The second-order valence-corrected chi connectivity index (χ2v) is 4.05. The molecule has 0 amide bonds. The van der Waals surface area contributed by atoms with Crippen LogP contribution in [0.1, 0.15) is 6.92 Å². The molecular formula is C8H19GeNO2. The Hall–Kier alpha value is -0.287. The van der Waals surface area contributed by atoms with Gasteiger partial charge < -0.3 is 4.90 Å². The van der Waals surface area contributed by atoms with Gasteiger partial charge in [-0.3, -0.25) is 0 Å². The molecule has 0 aliphatic rings. The Morgan fingerprint density at radius 2 is 1.83 bits per heavy atom. The minimum absolute atomic E-state index is 0.266. The fourth-order valence-corrected chi connectivity index (χ4v) is 0.804. The van der Waals surface area contributed by atoms with Crippen LogP contribution in [0.15, 0.2) is 12.2 Å². The van der Waals surface area contributed by atoms with Crippen LogP contribution in [0.25, 0.3) is 0 Å². The molecule has 4 heteroatoms. The Morgan fingerprint density at radius 1 is 1.50 bits per heavy atom. The standard InChI is InChI=1S/C5H10GeO2.C3H9N/c1-4(2)5(7)8-3-6;1-4(2)3/h1,3H2,2,6H3;1-3H3. The number of ether oxygens (including phenoxy) is 1. The molecule has 72 valence electrons. The van der Waals surface area contributed by atoms with Crippen LogP contribution in [0.4, 0.5) is 0 Å². The molecule has 0 heterocycles. The van der Waals surface area contributed by atoms with E-state index >= 15 is 0 Å². The number of hydrogen-bond donors (Lipinski definition) is 0. The van der Waals surface area contributed by atoms with E-state index in [1.807, 2.05) is 26.0 Å². The maximum Gasteiger partial charge on any atom is -0.0140 e. The first-order valence-electron chi connectivity index (χ1n) is 3.85. The topological polar surface area (TPSA) is 29.5 Å². The molecule has 0 saturated heterocycles. The maximum absolute atomic E-state index is 10.5. The molecule has 0 aromatic rings. The third kappa shape index (κ3) is 16.4. The molecule has 3 nitrogen and oxygen atoms in total. The summed E-state index contributed by atoms with van der Waals surface area (Å²) in [6.45, 7) is 5.06. The van der Waals surface area contributed by atoms with Crippen molar-refractivity contribution >= 4 is 22.5 Å². The first-order valence-corrected chi connectivity index (χ1v) is 6.82. The van der Waals surface area contributed by atoms with E-state index in [9.17, 15) is 4.79 Å². The van der Waals surface area contributed by atoms with Crippen molar-refractivity contribution < 1.29 is 9.53 Å². The van der Waals surface area contributed by atoms with Gasteiger partial charge in [-0.05, 0) is 21.1 Å². The fourth-order valence-electron chi connectivity index (χ4n) is 0.254. The zero-order chi connectivity index (χ0) is 10.1. The molecule has 0 atom stereocenters. The zero-order valence-electron chi connectivity index (χ0n) is 8.68. The van der Waals surface area contributed by atoms with Gasteiger partial charge in [0.2, 0.25) is 0 Å². The van der Waals surface area contributed by atoms with Gasteiger partial charge in [0, 0.05) is 0 Å². The molecule has 0 N–H and O–H groups in total. The van der Waals surface area contributed by atoms with Crippen molar-refractivity contribution in [2.75, 3.05) is 26.6 Å². The second kappa shape index (κ2) is 8.81. The van der Waals surface area contributed by atoms with Gasteiger partial charge in [0.05, 0.1) is 0 Å². The molecule has 0 saturated carbocycles. The van der Waals surface area contributed by atoms with Crippen LogP contribution >= 0.6 is 0 Å². The summed E-state index contributed by atoms with van der Waals surface area (Å²) in [7, 11) is 6.00. The predicted octanol–water partition coefficient (Wildman–Crippen LogP) is -0.394. The first-order chi connectivity index (χ1) is 5.41. The Morgan fingerprint density at radius 3 is 1.92 bits per heavy atom.